The van der Waals surface area contributed by atoms with E-state index >= 15 is 0 Å². The molecule has 0 saturated heterocycles. The van der Waals surface area contributed by atoms with Crippen molar-refractivity contribution in [1.82, 2.24) is 5.16 Å². The number of nitrogens with zero attached hydrogens (tertiary/aromatic N) is 1. The number of Topliss-reactive ketones (excluding diaryl/α,β-unsaturated/α-hetero) is 1. The standard InChI is InChI=1S/C25H23N3O4/c1-13-22-23(15-7-9-17(10-8-15)26-14(2)29)24-19(27-25(22)32-28-13)11-16(12-21(24)31)18-5-3-4-6-20(18)30/h3-10,16,23,27,30H,11-12H2,1-2H3,(H,26,29)/t16-,23+/m1/s1. The van der Waals surface area contributed by atoms with Crippen LogP contribution in [0.1, 0.15) is 54.0 Å². The minimum Gasteiger partial charge on any atom is -0.508 e. The van der Waals surface area contributed by atoms with Crippen molar-refractivity contribution in [3.63, 3.8) is 0 Å². The van der Waals surface area contributed by atoms with Crippen LogP contribution >= 0.6 is 0 Å². The Hall–Kier alpha value is -3.87. The molecule has 2 atom stereocenters. The van der Waals surface area contributed by atoms with E-state index < -0.39 is 0 Å². The lowest BCUT2D eigenvalue weighted by Crippen LogP contribution is -2.29. The van der Waals surface area contributed by atoms with Gasteiger partial charge in [-0.1, -0.05) is 35.5 Å². The second kappa shape index (κ2) is 7.67. The summed E-state index contributed by atoms with van der Waals surface area (Å²) in [7, 11) is 0. The highest BCUT2D eigenvalue weighted by molar-refractivity contribution is 6.01. The SMILES string of the molecule is CC(=O)Nc1ccc([C@@H]2C3=C(C[C@@H](c4ccccc4O)CC3=O)Nc3onc(C)c32)cc1. The van der Waals surface area contributed by atoms with Crippen LogP contribution in [0.5, 0.6) is 5.75 Å². The van der Waals surface area contributed by atoms with Crippen molar-refractivity contribution in [2.75, 3.05) is 10.6 Å². The number of amides is 1. The van der Waals surface area contributed by atoms with Crippen molar-refractivity contribution in [2.45, 2.75) is 38.5 Å². The van der Waals surface area contributed by atoms with Gasteiger partial charge in [0.25, 0.3) is 0 Å². The first-order chi connectivity index (χ1) is 15.4. The van der Waals surface area contributed by atoms with Gasteiger partial charge in [-0.2, -0.15) is 0 Å². The molecule has 1 aliphatic carbocycles. The summed E-state index contributed by atoms with van der Waals surface area (Å²) in [4.78, 5) is 24.8. The molecule has 7 nitrogen and oxygen atoms in total. The van der Waals surface area contributed by atoms with Crippen molar-refractivity contribution in [2.24, 2.45) is 0 Å². The molecule has 3 N–H and O–H groups in total. The topological polar surface area (TPSA) is 104 Å². The summed E-state index contributed by atoms with van der Waals surface area (Å²) in [6, 6.07) is 14.7. The highest BCUT2D eigenvalue weighted by atomic mass is 16.5. The highest BCUT2D eigenvalue weighted by Crippen LogP contribution is 2.49. The Morgan fingerprint density at radius 2 is 1.91 bits per heavy atom. The molecule has 162 valence electrons. The molecular formula is C25H23N3O4. The van der Waals surface area contributed by atoms with Crippen LogP contribution in [-0.2, 0) is 9.59 Å². The molecule has 1 aromatic heterocycles. The van der Waals surface area contributed by atoms with Gasteiger partial charge in [-0.15, -0.1) is 0 Å². The average Bonchev–Trinajstić information content (AvgIpc) is 3.13. The largest absolute Gasteiger partial charge is 0.508 e. The zero-order valence-electron chi connectivity index (χ0n) is 17.8. The summed E-state index contributed by atoms with van der Waals surface area (Å²) in [5, 5.41) is 20.5. The lowest BCUT2D eigenvalue weighted by molar-refractivity contribution is -0.116. The number of aromatic hydroxyl groups is 1. The summed E-state index contributed by atoms with van der Waals surface area (Å²) in [5.41, 5.74) is 5.48. The molecule has 0 spiro atoms. The molecule has 0 radical (unpaired) electrons. The summed E-state index contributed by atoms with van der Waals surface area (Å²) in [6.45, 7) is 3.33. The van der Waals surface area contributed by atoms with E-state index in [1.165, 1.54) is 6.92 Å². The van der Waals surface area contributed by atoms with E-state index in [9.17, 15) is 14.7 Å². The van der Waals surface area contributed by atoms with Crippen LogP contribution in [0.3, 0.4) is 0 Å². The number of hydrogen-bond acceptors (Lipinski definition) is 6. The number of hydrogen-bond donors (Lipinski definition) is 3. The number of anilines is 2. The van der Waals surface area contributed by atoms with Crippen LogP contribution in [0.4, 0.5) is 11.6 Å². The van der Waals surface area contributed by atoms with Crippen LogP contribution in [0.25, 0.3) is 0 Å². The number of rotatable bonds is 3. The molecule has 0 fully saturated rings. The van der Waals surface area contributed by atoms with Crippen molar-refractivity contribution < 1.29 is 19.2 Å². The normalized spacial score (nSPS) is 19.8. The third-order valence-electron chi connectivity index (χ3n) is 6.20. The monoisotopic (exact) mass is 429 g/mol. The number of phenols is 1. The number of allylic oxidation sites excluding steroid dienone is 2. The lowest BCUT2D eigenvalue weighted by Gasteiger charge is -2.34. The summed E-state index contributed by atoms with van der Waals surface area (Å²) < 4.78 is 5.55. The predicted octanol–water partition coefficient (Wildman–Crippen LogP) is 4.61. The maximum absolute atomic E-state index is 13.5. The summed E-state index contributed by atoms with van der Waals surface area (Å²) in [6.07, 6.45) is 0.899. The molecule has 2 aliphatic rings. The maximum Gasteiger partial charge on any atom is 0.233 e. The second-order valence-electron chi connectivity index (χ2n) is 8.35. The molecule has 2 aromatic carbocycles. The van der Waals surface area contributed by atoms with Crippen molar-refractivity contribution in [3.05, 3.63) is 82.2 Å². The summed E-state index contributed by atoms with van der Waals surface area (Å²) in [5.74, 6) is 0.211. The van der Waals surface area contributed by atoms with Gasteiger partial charge in [0.2, 0.25) is 11.8 Å². The Labute approximate surface area is 185 Å². The zero-order chi connectivity index (χ0) is 22.4. The van der Waals surface area contributed by atoms with Gasteiger partial charge in [0, 0.05) is 42.1 Å². The van der Waals surface area contributed by atoms with E-state index in [0.717, 1.165) is 28.1 Å². The van der Waals surface area contributed by atoms with Crippen molar-refractivity contribution >= 4 is 23.3 Å². The molecule has 5 rings (SSSR count). The van der Waals surface area contributed by atoms with Crippen LogP contribution in [0, 0.1) is 6.92 Å². The molecule has 0 saturated carbocycles. The highest BCUT2D eigenvalue weighted by Gasteiger charge is 2.41. The van der Waals surface area contributed by atoms with Gasteiger partial charge in [0.1, 0.15) is 5.75 Å². The molecule has 0 unspecified atom stereocenters. The average molecular weight is 429 g/mol. The number of carbonyl (C=O) groups is 2. The van der Waals surface area contributed by atoms with E-state index in [0.29, 0.717) is 30.0 Å². The Balaban J connectivity index is 1.58. The van der Waals surface area contributed by atoms with Crippen LogP contribution in [0.2, 0.25) is 0 Å². The number of para-hydroxylation sites is 1. The van der Waals surface area contributed by atoms with E-state index in [-0.39, 0.29) is 29.3 Å². The number of carbonyl (C=O) groups excluding carboxylic acids is 2. The minimum atomic E-state index is -0.309. The number of aromatic nitrogens is 1. The quantitative estimate of drug-likeness (QED) is 0.562. The molecule has 1 aliphatic heterocycles. The number of fused-ring (bicyclic) bond motifs is 1. The first kappa shape index (κ1) is 20.1. The fraction of sp³-hybridized carbons (Fsp3) is 0.240. The Morgan fingerprint density at radius 3 is 2.62 bits per heavy atom. The lowest BCUT2D eigenvalue weighted by atomic mass is 9.72. The molecule has 1 amide bonds. The van der Waals surface area contributed by atoms with E-state index in [1.54, 1.807) is 12.1 Å². The zero-order valence-corrected chi connectivity index (χ0v) is 17.8. The van der Waals surface area contributed by atoms with Crippen LogP contribution < -0.4 is 10.6 Å². The van der Waals surface area contributed by atoms with Gasteiger partial charge < -0.3 is 20.3 Å². The van der Waals surface area contributed by atoms with Crippen LogP contribution in [0.15, 0.2) is 64.3 Å². The van der Waals surface area contributed by atoms with Gasteiger partial charge in [-0.3, -0.25) is 9.59 Å². The summed E-state index contributed by atoms with van der Waals surface area (Å²) >= 11 is 0. The molecule has 0 bridgehead atoms. The Morgan fingerprint density at radius 1 is 1.16 bits per heavy atom. The molecular weight excluding hydrogens is 406 g/mol. The molecule has 2 heterocycles. The third-order valence-corrected chi connectivity index (χ3v) is 6.20. The number of phenolic OH excluding ortho intramolecular Hbond substituents is 1. The van der Waals surface area contributed by atoms with E-state index in [2.05, 4.69) is 15.8 Å². The smallest absolute Gasteiger partial charge is 0.233 e. The first-order valence-electron chi connectivity index (χ1n) is 10.6. The van der Waals surface area contributed by atoms with Gasteiger partial charge >= 0.3 is 0 Å². The Kier molecular flexibility index (Phi) is 4.81. The maximum atomic E-state index is 13.5. The molecule has 3 aromatic rings. The Bertz CT molecular complexity index is 1260. The van der Waals surface area contributed by atoms with E-state index in [1.807, 2.05) is 43.3 Å². The fourth-order valence-corrected chi connectivity index (χ4v) is 4.82. The van der Waals surface area contributed by atoms with Gasteiger partial charge in [-0.25, -0.2) is 0 Å². The number of benzene rings is 2. The van der Waals surface area contributed by atoms with Gasteiger partial charge in [0.15, 0.2) is 5.78 Å². The molecule has 32 heavy (non-hydrogen) atoms. The van der Waals surface area contributed by atoms with Crippen molar-refractivity contribution in [3.8, 4) is 5.75 Å². The van der Waals surface area contributed by atoms with E-state index in [4.69, 9.17) is 4.52 Å². The minimum absolute atomic E-state index is 0.0363. The van der Waals surface area contributed by atoms with Crippen molar-refractivity contribution in [1.29, 1.82) is 0 Å². The number of aryl methyl sites for hydroxylation is 1. The number of ketones is 1. The van der Waals surface area contributed by atoms with Gasteiger partial charge in [0.05, 0.1) is 11.3 Å². The molecule has 7 heteroatoms. The second-order valence-corrected chi connectivity index (χ2v) is 8.35. The first-order valence-corrected chi connectivity index (χ1v) is 10.6. The third kappa shape index (κ3) is 3.36. The number of nitrogens with one attached hydrogen (secondary N) is 2. The predicted molar refractivity (Wildman–Crippen MR) is 120 cm³/mol. The van der Waals surface area contributed by atoms with Gasteiger partial charge in [-0.05, 0) is 42.7 Å². The van der Waals surface area contributed by atoms with Crippen LogP contribution in [-0.4, -0.2) is 22.0 Å². The fourth-order valence-electron chi connectivity index (χ4n) is 4.82.